The summed E-state index contributed by atoms with van der Waals surface area (Å²) in [6, 6.07) is 11.6. The zero-order valence-corrected chi connectivity index (χ0v) is 17.0. The average Bonchev–Trinajstić information content (AvgIpc) is 3.09. The second-order valence-electron chi connectivity index (χ2n) is 6.73. The van der Waals surface area contributed by atoms with Gasteiger partial charge in [0.25, 0.3) is 0 Å². The second kappa shape index (κ2) is 8.79. The number of rotatable bonds is 5. The zero-order valence-electron chi connectivity index (χ0n) is 16.3. The molecule has 2 aromatic carbocycles. The number of alkyl halides is 3. The van der Waals surface area contributed by atoms with Gasteiger partial charge in [-0.15, -0.1) is 0 Å². The lowest BCUT2D eigenvalue weighted by molar-refractivity contribution is -0.143. The third kappa shape index (κ3) is 5.13. The van der Waals surface area contributed by atoms with Crippen LogP contribution in [-0.4, -0.2) is 22.4 Å². The van der Waals surface area contributed by atoms with Crippen LogP contribution in [0.1, 0.15) is 22.4 Å². The summed E-state index contributed by atoms with van der Waals surface area (Å²) < 4.78 is 46.4. The van der Waals surface area contributed by atoms with Gasteiger partial charge in [0, 0.05) is 11.6 Å². The minimum absolute atomic E-state index is 0.136. The Bertz CT molecular complexity index is 1050. The quantitative estimate of drug-likeness (QED) is 0.574. The number of carbonyl (C=O) groups is 1. The van der Waals surface area contributed by atoms with Crippen molar-refractivity contribution in [2.24, 2.45) is 0 Å². The summed E-state index contributed by atoms with van der Waals surface area (Å²) in [5.74, 6) is -0.680. The predicted octanol–water partition coefficient (Wildman–Crippen LogP) is 5.49. The van der Waals surface area contributed by atoms with Crippen molar-refractivity contribution in [3.05, 3.63) is 76.1 Å². The molecule has 0 radical (unpaired) electrons. The molecule has 1 amide bonds. The van der Waals surface area contributed by atoms with Crippen molar-refractivity contribution < 1.29 is 22.7 Å². The van der Waals surface area contributed by atoms with Crippen LogP contribution in [0.25, 0.3) is 5.69 Å². The van der Waals surface area contributed by atoms with Crippen molar-refractivity contribution in [2.75, 3.05) is 6.54 Å². The number of amides is 1. The van der Waals surface area contributed by atoms with Gasteiger partial charge in [0.05, 0.1) is 11.9 Å². The van der Waals surface area contributed by atoms with Crippen LogP contribution in [-0.2, 0) is 12.6 Å². The molecule has 1 N–H and O–H groups in total. The first kappa shape index (κ1) is 21.7. The molecular formula is C21H19ClF3N3O2. The Morgan fingerprint density at radius 2 is 1.83 bits per heavy atom. The van der Waals surface area contributed by atoms with Crippen molar-refractivity contribution in [3.8, 4) is 11.4 Å². The standard InChI is InChI=1S/C21H19ClF3N3O2/c1-13-3-4-15(11-14(13)2)9-10-26-20(29)30-18-12-27-28(19(18)21(23,24)25)17-7-5-16(22)6-8-17/h3-8,11-12H,9-10H2,1-2H3,(H,26,29). The fourth-order valence-corrected chi connectivity index (χ4v) is 2.98. The molecule has 9 heteroatoms. The van der Waals surface area contributed by atoms with Crippen molar-refractivity contribution in [1.82, 2.24) is 15.1 Å². The van der Waals surface area contributed by atoms with E-state index in [2.05, 4.69) is 10.4 Å². The summed E-state index contributed by atoms with van der Waals surface area (Å²) in [6.45, 7) is 4.20. The van der Waals surface area contributed by atoms with Gasteiger partial charge in [0.15, 0.2) is 11.4 Å². The van der Waals surface area contributed by atoms with Gasteiger partial charge in [-0.05, 0) is 61.2 Å². The Morgan fingerprint density at radius 1 is 1.13 bits per heavy atom. The molecule has 0 aliphatic rings. The Hall–Kier alpha value is -3.00. The molecule has 0 aliphatic carbocycles. The lowest BCUT2D eigenvalue weighted by atomic mass is 10.0. The fraction of sp³-hybridized carbons (Fsp3) is 0.238. The van der Waals surface area contributed by atoms with Gasteiger partial charge < -0.3 is 10.1 Å². The lowest BCUT2D eigenvalue weighted by Gasteiger charge is -2.13. The molecule has 0 bridgehead atoms. The second-order valence-corrected chi connectivity index (χ2v) is 7.16. The van der Waals surface area contributed by atoms with E-state index in [9.17, 15) is 18.0 Å². The van der Waals surface area contributed by atoms with Crippen LogP contribution in [0.2, 0.25) is 5.02 Å². The topological polar surface area (TPSA) is 56.1 Å². The van der Waals surface area contributed by atoms with E-state index in [1.165, 1.54) is 24.3 Å². The minimum Gasteiger partial charge on any atom is -0.406 e. The maximum atomic E-state index is 13.6. The summed E-state index contributed by atoms with van der Waals surface area (Å²) in [7, 11) is 0. The zero-order chi connectivity index (χ0) is 21.9. The highest BCUT2D eigenvalue weighted by atomic mass is 35.5. The largest absolute Gasteiger partial charge is 0.437 e. The van der Waals surface area contributed by atoms with E-state index in [1.54, 1.807) is 0 Å². The predicted molar refractivity (Wildman–Crippen MR) is 107 cm³/mol. The van der Waals surface area contributed by atoms with Crippen LogP contribution >= 0.6 is 11.6 Å². The van der Waals surface area contributed by atoms with Gasteiger partial charge >= 0.3 is 12.3 Å². The molecule has 0 aliphatic heterocycles. The molecule has 3 aromatic rings. The number of nitrogens with zero attached hydrogens (tertiary/aromatic N) is 2. The Kier molecular flexibility index (Phi) is 6.36. The normalized spacial score (nSPS) is 11.4. The molecule has 3 rings (SSSR count). The van der Waals surface area contributed by atoms with Crippen molar-refractivity contribution in [1.29, 1.82) is 0 Å². The Balaban J connectivity index is 1.70. The third-order valence-corrected chi connectivity index (χ3v) is 4.78. The Morgan fingerprint density at radius 3 is 2.47 bits per heavy atom. The summed E-state index contributed by atoms with van der Waals surface area (Å²) in [5.41, 5.74) is 2.24. The molecule has 30 heavy (non-hydrogen) atoms. The van der Waals surface area contributed by atoms with E-state index in [1.807, 2.05) is 32.0 Å². The third-order valence-electron chi connectivity index (χ3n) is 4.53. The first-order valence-electron chi connectivity index (χ1n) is 9.08. The van der Waals surface area contributed by atoms with Crippen LogP contribution in [0, 0.1) is 13.8 Å². The van der Waals surface area contributed by atoms with E-state index < -0.39 is 23.7 Å². The number of benzene rings is 2. The fourth-order valence-electron chi connectivity index (χ4n) is 2.85. The maximum absolute atomic E-state index is 13.6. The van der Waals surface area contributed by atoms with Crippen LogP contribution in [0.3, 0.4) is 0 Å². The number of ether oxygens (including phenoxy) is 1. The van der Waals surface area contributed by atoms with E-state index >= 15 is 0 Å². The highest BCUT2D eigenvalue weighted by Gasteiger charge is 2.40. The molecule has 1 aromatic heterocycles. The van der Waals surface area contributed by atoms with Crippen LogP contribution in [0.15, 0.2) is 48.7 Å². The molecule has 0 atom stereocenters. The van der Waals surface area contributed by atoms with Crippen LogP contribution in [0.4, 0.5) is 18.0 Å². The number of aromatic nitrogens is 2. The number of nitrogens with one attached hydrogen (secondary N) is 1. The summed E-state index contributed by atoms with van der Waals surface area (Å²) in [6.07, 6.45) is -4.39. The first-order chi connectivity index (χ1) is 14.1. The highest BCUT2D eigenvalue weighted by molar-refractivity contribution is 6.30. The van der Waals surface area contributed by atoms with Gasteiger partial charge in [0.1, 0.15) is 0 Å². The number of halogens is 4. The van der Waals surface area contributed by atoms with E-state index in [-0.39, 0.29) is 12.2 Å². The molecular weight excluding hydrogens is 419 g/mol. The molecule has 0 fully saturated rings. The Labute approximate surface area is 176 Å². The number of hydrogen-bond donors (Lipinski definition) is 1. The maximum Gasteiger partial charge on any atom is 0.437 e. The van der Waals surface area contributed by atoms with Crippen molar-refractivity contribution in [3.63, 3.8) is 0 Å². The van der Waals surface area contributed by atoms with Gasteiger partial charge in [-0.3, -0.25) is 0 Å². The monoisotopic (exact) mass is 437 g/mol. The molecule has 0 spiro atoms. The molecule has 158 valence electrons. The van der Waals surface area contributed by atoms with Crippen LogP contribution < -0.4 is 10.1 Å². The lowest BCUT2D eigenvalue weighted by Crippen LogP contribution is -2.29. The van der Waals surface area contributed by atoms with Crippen molar-refractivity contribution >= 4 is 17.7 Å². The van der Waals surface area contributed by atoms with Gasteiger partial charge in [-0.25, -0.2) is 9.48 Å². The van der Waals surface area contributed by atoms with Crippen LogP contribution in [0.5, 0.6) is 5.75 Å². The molecule has 5 nitrogen and oxygen atoms in total. The summed E-state index contributed by atoms with van der Waals surface area (Å²) in [5, 5.41) is 6.57. The van der Waals surface area contributed by atoms with E-state index in [4.69, 9.17) is 16.3 Å². The number of carbonyl (C=O) groups excluding carboxylic acids is 1. The molecule has 0 saturated carbocycles. The highest BCUT2D eigenvalue weighted by Crippen LogP contribution is 2.37. The molecule has 0 unspecified atom stereocenters. The van der Waals surface area contributed by atoms with Crippen molar-refractivity contribution in [2.45, 2.75) is 26.4 Å². The first-order valence-corrected chi connectivity index (χ1v) is 9.46. The summed E-state index contributed by atoms with van der Waals surface area (Å²) in [4.78, 5) is 12.0. The average molecular weight is 438 g/mol. The molecule has 1 heterocycles. The van der Waals surface area contributed by atoms with E-state index in [0.29, 0.717) is 16.1 Å². The summed E-state index contributed by atoms with van der Waals surface area (Å²) >= 11 is 5.78. The minimum atomic E-state index is -4.79. The van der Waals surface area contributed by atoms with E-state index in [0.717, 1.165) is 22.9 Å². The smallest absolute Gasteiger partial charge is 0.406 e. The van der Waals surface area contributed by atoms with Gasteiger partial charge in [0.2, 0.25) is 0 Å². The SMILES string of the molecule is Cc1ccc(CCNC(=O)Oc2cnn(-c3ccc(Cl)cc3)c2C(F)(F)F)cc1C. The van der Waals surface area contributed by atoms with Gasteiger partial charge in [-0.1, -0.05) is 29.8 Å². The van der Waals surface area contributed by atoms with Gasteiger partial charge in [-0.2, -0.15) is 18.3 Å². The number of aryl methyl sites for hydroxylation is 2. The number of hydrogen-bond acceptors (Lipinski definition) is 3. The molecule has 0 saturated heterocycles.